The monoisotopic (exact) mass is 426 g/mol. The van der Waals surface area contributed by atoms with Crippen LogP contribution in [0.3, 0.4) is 0 Å². The number of hydrazone groups is 1. The molecule has 3 aromatic carbocycles. The molecule has 1 amide bonds. The van der Waals surface area contributed by atoms with Crippen LogP contribution in [0.4, 0.5) is 0 Å². The summed E-state index contributed by atoms with van der Waals surface area (Å²) in [6.07, 6.45) is 5.32. The van der Waals surface area contributed by atoms with E-state index in [1.807, 2.05) is 36.4 Å². The topological polar surface area (TPSA) is 32.7 Å². The van der Waals surface area contributed by atoms with Crippen molar-refractivity contribution in [2.75, 3.05) is 0 Å². The summed E-state index contributed by atoms with van der Waals surface area (Å²) in [5.41, 5.74) is 5.16. The molecule has 5 rings (SSSR count). The molecule has 0 spiro atoms. The fourth-order valence-corrected chi connectivity index (χ4v) is 4.75. The summed E-state index contributed by atoms with van der Waals surface area (Å²) in [6.45, 7) is 0. The number of carbonyl (C=O) groups is 1. The van der Waals surface area contributed by atoms with Gasteiger partial charge in [0.05, 0.1) is 11.8 Å². The Morgan fingerprint density at radius 2 is 1.61 bits per heavy atom. The van der Waals surface area contributed by atoms with Gasteiger partial charge in [-0.25, -0.2) is 5.01 Å². The van der Waals surface area contributed by atoms with Crippen molar-refractivity contribution in [1.29, 1.82) is 0 Å². The fourth-order valence-electron chi connectivity index (χ4n) is 4.63. The molecule has 0 N–H and O–H groups in total. The number of allylic oxidation sites excluding steroid dienone is 1. The summed E-state index contributed by atoms with van der Waals surface area (Å²) in [4.78, 5) is 13.5. The van der Waals surface area contributed by atoms with E-state index in [4.69, 9.17) is 16.7 Å². The molecule has 1 aliphatic heterocycles. The molecular formula is C27H23ClN2O. The summed E-state index contributed by atoms with van der Waals surface area (Å²) in [5, 5.41) is 7.26. The van der Waals surface area contributed by atoms with Crippen LogP contribution >= 0.6 is 11.6 Å². The molecule has 1 heterocycles. The number of halogens is 1. The summed E-state index contributed by atoms with van der Waals surface area (Å²) < 4.78 is 0. The molecule has 4 heteroatoms. The third kappa shape index (κ3) is 3.94. The van der Waals surface area contributed by atoms with Gasteiger partial charge in [0.2, 0.25) is 0 Å². The molecular weight excluding hydrogens is 404 g/mol. The Balaban J connectivity index is 1.57. The minimum atomic E-state index is -0.0983. The van der Waals surface area contributed by atoms with E-state index in [1.54, 1.807) is 29.3 Å². The maximum Gasteiger partial charge on any atom is 0.274 e. The SMILES string of the molecule is O=C(c1ccc(Cl)cc1)N1N=C2/C(=C\c3ccccc3)CCC[C@@H]2[C@@H]1c1ccccc1. The van der Waals surface area contributed by atoms with Gasteiger partial charge in [-0.1, -0.05) is 72.3 Å². The van der Waals surface area contributed by atoms with Crippen molar-refractivity contribution >= 4 is 29.3 Å². The second-order valence-corrected chi connectivity index (χ2v) is 8.51. The van der Waals surface area contributed by atoms with Gasteiger partial charge >= 0.3 is 0 Å². The van der Waals surface area contributed by atoms with Gasteiger partial charge < -0.3 is 0 Å². The largest absolute Gasteiger partial charge is 0.274 e. The van der Waals surface area contributed by atoms with Crippen molar-refractivity contribution in [3.63, 3.8) is 0 Å². The molecule has 0 unspecified atom stereocenters. The van der Waals surface area contributed by atoms with Crippen LogP contribution in [0.5, 0.6) is 0 Å². The van der Waals surface area contributed by atoms with E-state index in [1.165, 1.54) is 11.1 Å². The smallest absolute Gasteiger partial charge is 0.267 e. The zero-order valence-electron chi connectivity index (χ0n) is 17.1. The average molecular weight is 427 g/mol. The molecule has 0 bridgehead atoms. The molecule has 1 aliphatic carbocycles. The van der Waals surface area contributed by atoms with Crippen molar-refractivity contribution < 1.29 is 4.79 Å². The quantitative estimate of drug-likeness (QED) is 0.454. The molecule has 2 aliphatic rings. The Morgan fingerprint density at radius 3 is 2.32 bits per heavy atom. The number of fused-ring (bicyclic) bond motifs is 1. The molecule has 1 saturated carbocycles. The first-order chi connectivity index (χ1) is 15.2. The molecule has 154 valence electrons. The van der Waals surface area contributed by atoms with Crippen molar-refractivity contribution in [2.45, 2.75) is 25.3 Å². The van der Waals surface area contributed by atoms with E-state index < -0.39 is 0 Å². The molecule has 31 heavy (non-hydrogen) atoms. The van der Waals surface area contributed by atoms with Gasteiger partial charge in [0.25, 0.3) is 5.91 Å². The summed E-state index contributed by atoms with van der Waals surface area (Å²) in [7, 11) is 0. The number of benzene rings is 3. The predicted molar refractivity (Wildman–Crippen MR) is 126 cm³/mol. The maximum absolute atomic E-state index is 13.5. The second-order valence-electron chi connectivity index (χ2n) is 8.08. The van der Waals surface area contributed by atoms with E-state index in [0.717, 1.165) is 30.5 Å². The third-order valence-electron chi connectivity index (χ3n) is 6.08. The first kappa shape index (κ1) is 19.8. The number of hydrogen-bond donors (Lipinski definition) is 0. The number of carbonyl (C=O) groups excluding carboxylic acids is 1. The standard InChI is InChI=1S/C27H23ClN2O/c28-23-16-14-21(15-17-23)27(31)30-26(20-10-5-2-6-11-20)24-13-7-12-22(25(24)29-30)18-19-8-3-1-4-9-19/h1-6,8-11,14-18,24,26H,7,12-13H2/b22-18-/t24-,26-/m0/s1. The van der Waals surface area contributed by atoms with Crippen LogP contribution in [0, 0.1) is 5.92 Å². The van der Waals surface area contributed by atoms with Gasteiger partial charge in [-0.05, 0) is 66.3 Å². The van der Waals surface area contributed by atoms with E-state index in [0.29, 0.717) is 10.6 Å². The fraction of sp³-hybridized carbons (Fsp3) is 0.185. The Hall–Kier alpha value is -3.17. The number of hydrogen-bond acceptors (Lipinski definition) is 2. The van der Waals surface area contributed by atoms with Crippen LogP contribution in [0.2, 0.25) is 5.02 Å². The second kappa shape index (κ2) is 8.52. The predicted octanol–water partition coefficient (Wildman–Crippen LogP) is 6.78. The Morgan fingerprint density at radius 1 is 0.935 bits per heavy atom. The zero-order valence-corrected chi connectivity index (χ0v) is 17.9. The van der Waals surface area contributed by atoms with Crippen molar-refractivity contribution in [1.82, 2.24) is 5.01 Å². The van der Waals surface area contributed by atoms with Crippen LogP contribution in [-0.2, 0) is 0 Å². The third-order valence-corrected chi connectivity index (χ3v) is 6.33. The molecule has 2 atom stereocenters. The van der Waals surface area contributed by atoms with E-state index >= 15 is 0 Å². The van der Waals surface area contributed by atoms with Crippen molar-refractivity contribution in [2.24, 2.45) is 11.0 Å². The lowest BCUT2D eigenvalue weighted by Crippen LogP contribution is -2.31. The molecule has 1 fully saturated rings. The zero-order chi connectivity index (χ0) is 21.2. The summed E-state index contributed by atoms with van der Waals surface area (Å²) in [5.74, 6) is 0.105. The first-order valence-electron chi connectivity index (χ1n) is 10.7. The van der Waals surface area contributed by atoms with Gasteiger partial charge in [-0.15, -0.1) is 0 Å². The molecule has 0 aromatic heterocycles. The van der Waals surface area contributed by atoms with Crippen molar-refractivity contribution in [3.05, 3.63) is 112 Å². The van der Waals surface area contributed by atoms with Gasteiger partial charge in [0.15, 0.2) is 0 Å². The first-order valence-corrected chi connectivity index (χ1v) is 11.1. The highest BCUT2D eigenvalue weighted by Gasteiger charge is 2.43. The van der Waals surface area contributed by atoms with E-state index in [9.17, 15) is 4.79 Å². The minimum Gasteiger partial charge on any atom is -0.267 e. The molecule has 3 aromatic rings. The van der Waals surface area contributed by atoms with E-state index in [-0.39, 0.29) is 17.9 Å². The number of nitrogens with zero attached hydrogens (tertiary/aromatic N) is 2. The lowest BCUT2D eigenvalue weighted by Gasteiger charge is -2.29. The molecule has 3 nitrogen and oxygen atoms in total. The van der Waals surface area contributed by atoms with E-state index in [2.05, 4.69) is 30.3 Å². The van der Waals surface area contributed by atoms with Gasteiger partial charge in [-0.3, -0.25) is 4.79 Å². The highest BCUT2D eigenvalue weighted by Crippen LogP contribution is 2.44. The summed E-state index contributed by atoms with van der Waals surface area (Å²) in [6, 6.07) is 27.6. The average Bonchev–Trinajstić information content (AvgIpc) is 3.21. The van der Waals surface area contributed by atoms with Crippen LogP contribution in [0.1, 0.15) is 46.8 Å². The summed E-state index contributed by atoms with van der Waals surface area (Å²) >= 11 is 6.04. The molecule has 0 saturated heterocycles. The van der Waals surface area contributed by atoms with Crippen LogP contribution in [-0.4, -0.2) is 16.6 Å². The normalized spacial score (nSPS) is 21.6. The highest BCUT2D eigenvalue weighted by molar-refractivity contribution is 6.30. The van der Waals surface area contributed by atoms with Crippen LogP contribution < -0.4 is 0 Å². The van der Waals surface area contributed by atoms with Gasteiger partial charge in [-0.2, -0.15) is 5.10 Å². The lowest BCUT2D eigenvalue weighted by atomic mass is 9.77. The maximum atomic E-state index is 13.5. The Kier molecular flexibility index (Phi) is 5.44. The van der Waals surface area contributed by atoms with Crippen molar-refractivity contribution in [3.8, 4) is 0 Å². The van der Waals surface area contributed by atoms with Crippen LogP contribution in [0.15, 0.2) is 95.6 Å². The highest BCUT2D eigenvalue weighted by atomic mass is 35.5. The molecule has 0 radical (unpaired) electrons. The minimum absolute atomic E-state index is 0.0912. The Bertz CT molecular complexity index is 1140. The Labute approximate surface area is 187 Å². The number of rotatable bonds is 3. The number of amides is 1. The van der Waals surface area contributed by atoms with Crippen LogP contribution in [0.25, 0.3) is 6.08 Å². The lowest BCUT2D eigenvalue weighted by molar-refractivity contribution is 0.0681. The van der Waals surface area contributed by atoms with Gasteiger partial charge in [0, 0.05) is 16.5 Å². The van der Waals surface area contributed by atoms with Gasteiger partial charge in [0.1, 0.15) is 0 Å².